The van der Waals surface area contributed by atoms with Crippen LogP contribution in [-0.2, 0) is 20.9 Å². The molecule has 0 aliphatic rings. The monoisotopic (exact) mass is 268 g/mol. The molecular formula is C14H17ClO3. The van der Waals surface area contributed by atoms with Gasteiger partial charge < -0.3 is 4.74 Å². The molecule has 0 saturated heterocycles. The lowest BCUT2D eigenvalue weighted by Crippen LogP contribution is -2.07. The highest BCUT2D eigenvalue weighted by Crippen LogP contribution is 2.10. The molecule has 0 radical (unpaired) electrons. The topological polar surface area (TPSA) is 43.4 Å². The molecule has 0 N–H and O–H groups in total. The highest BCUT2D eigenvalue weighted by atomic mass is 35.5. The summed E-state index contributed by atoms with van der Waals surface area (Å²) in [5.41, 5.74) is 0.882. The molecule has 0 bridgehead atoms. The van der Waals surface area contributed by atoms with Crippen molar-refractivity contribution < 1.29 is 14.3 Å². The van der Waals surface area contributed by atoms with Crippen LogP contribution in [0.5, 0.6) is 0 Å². The maximum Gasteiger partial charge on any atom is 0.306 e. The van der Waals surface area contributed by atoms with Crippen LogP contribution in [0, 0.1) is 0 Å². The summed E-state index contributed by atoms with van der Waals surface area (Å²) in [5, 5.41) is 0.648. The number of ether oxygens (including phenoxy) is 1. The lowest BCUT2D eigenvalue weighted by Gasteiger charge is -2.04. The zero-order valence-corrected chi connectivity index (χ0v) is 11.2. The summed E-state index contributed by atoms with van der Waals surface area (Å²) in [6.07, 6.45) is 1.78. The van der Waals surface area contributed by atoms with Crippen molar-refractivity contribution in [2.45, 2.75) is 39.2 Å². The van der Waals surface area contributed by atoms with Crippen molar-refractivity contribution in [3.05, 3.63) is 34.9 Å². The van der Waals surface area contributed by atoms with Gasteiger partial charge in [-0.05, 0) is 24.1 Å². The van der Waals surface area contributed by atoms with E-state index in [0.717, 1.165) is 12.0 Å². The third kappa shape index (κ3) is 5.82. The number of benzene rings is 1. The Morgan fingerprint density at radius 1 is 1.11 bits per heavy atom. The van der Waals surface area contributed by atoms with Gasteiger partial charge in [0.15, 0.2) is 0 Å². The number of hydrogen-bond acceptors (Lipinski definition) is 3. The van der Waals surface area contributed by atoms with Crippen molar-refractivity contribution in [1.82, 2.24) is 0 Å². The van der Waals surface area contributed by atoms with Crippen molar-refractivity contribution in [2.24, 2.45) is 0 Å². The molecule has 4 heteroatoms. The first kappa shape index (κ1) is 14.7. The van der Waals surface area contributed by atoms with Crippen LogP contribution >= 0.6 is 11.6 Å². The molecule has 0 aromatic heterocycles. The average Bonchev–Trinajstić information content (AvgIpc) is 2.36. The van der Waals surface area contributed by atoms with Gasteiger partial charge in [0.05, 0.1) is 6.42 Å². The Morgan fingerprint density at radius 3 is 2.39 bits per heavy atom. The van der Waals surface area contributed by atoms with Gasteiger partial charge in [-0.2, -0.15) is 0 Å². The summed E-state index contributed by atoms with van der Waals surface area (Å²) < 4.78 is 5.06. The van der Waals surface area contributed by atoms with E-state index in [9.17, 15) is 9.59 Å². The predicted octanol–water partition coefficient (Wildman–Crippen LogP) is 3.53. The van der Waals surface area contributed by atoms with Crippen LogP contribution in [-0.4, -0.2) is 11.8 Å². The number of halogens is 1. The second-order valence-corrected chi connectivity index (χ2v) is 4.51. The third-order valence-electron chi connectivity index (χ3n) is 2.45. The number of rotatable bonds is 7. The number of hydrogen-bond donors (Lipinski definition) is 0. The Kier molecular flexibility index (Phi) is 6.44. The molecule has 0 aliphatic carbocycles. The van der Waals surface area contributed by atoms with Gasteiger partial charge in [-0.1, -0.05) is 30.7 Å². The third-order valence-corrected chi connectivity index (χ3v) is 2.70. The van der Waals surface area contributed by atoms with Gasteiger partial charge in [-0.15, -0.1) is 0 Å². The van der Waals surface area contributed by atoms with Crippen molar-refractivity contribution in [2.75, 3.05) is 0 Å². The predicted molar refractivity (Wildman–Crippen MR) is 70.4 cm³/mol. The first-order valence-electron chi connectivity index (χ1n) is 6.03. The lowest BCUT2D eigenvalue weighted by atomic mass is 10.1. The van der Waals surface area contributed by atoms with Crippen LogP contribution in [0.4, 0.5) is 0 Å². The Bertz CT molecular complexity index is 398. The minimum atomic E-state index is -0.339. The fraction of sp³-hybridized carbons (Fsp3) is 0.429. The molecule has 1 rings (SSSR count). The minimum absolute atomic E-state index is 0.112. The molecule has 0 fully saturated rings. The number of Topliss-reactive ketones (excluding diaryl/α,β-unsaturated/α-hetero) is 1. The molecule has 1 aromatic carbocycles. The van der Waals surface area contributed by atoms with Crippen LogP contribution in [0.1, 0.15) is 38.2 Å². The maximum atomic E-state index is 11.4. The first-order valence-corrected chi connectivity index (χ1v) is 6.41. The Morgan fingerprint density at radius 2 is 1.78 bits per heavy atom. The van der Waals surface area contributed by atoms with Gasteiger partial charge in [-0.25, -0.2) is 0 Å². The molecule has 0 heterocycles. The van der Waals surface area contributed by atoms with E-state index in [2.05, 4.69) is 0 Å². The smallest absolute Gasteiger partial charge is 0.306 e. The molecule has 98 valence electrons. The van der Waals surface area contributed by atoms with Crippen LogP contribution in [0.2, 0.25) is 5.02 Å². The standard InChI is InChI=1S/C14H17ClO3/c1-2-3-13(16)8-9-14(17)18-10-11-4-6-12(15)7-5-11/h4-7H,2-3,8-10H2,1H3. The molecule has 1 aromatic rings. The van der Waals surface area contributed by atoms with E-state index in [4.69, 9.17) is 16.3 Å². The van der Waals surface area contributed by atoms with Gasteiger partial charge in [0.1, 0.15) is 12.4 Å². The largest absolute Gasteiger partial charge is 0.461 e. The van der Waals surface area contributed by atoms with Gasteiger partial charge in [0.25, 0.3) is 0 Å². The number of carbonyl (C=O) groups is 2. The second-order valence-electron chi connectivity index (χ2n) is 4.08. The minimum Gasteiger partial charge on any atom is -0.461 e. The van der Waals surface area contributed by atoms with Gasteiger partial charge in [-0.3, -0.25) is 9.59 Å². The average molecular weight is 269 g/mol. The molecule has 0 unspecified atom stereocenters. The van der Waals surface area contributed by atoms with Crippen LogP contribution in [0.3, 0.4) is 0 Å². The Hall–Kier alpha value is -1.35. The van der Waals surface area contributed by atoms with E-state index in [1.165, 1.54) is 0 Å². The molecule has 0 spiro atoms. The van der Waals surface area contributed by atoms with Crippen molar-refractivity contribution in [3.8, 4) is 0 Å². The summed E-state index contributed by atoms with van der Waals surface area (Å²) >= 11 is 5.74. The Balaban J connectivity index is 2.24. The van der Waals surface area contributed by atoms with E-state index < -0.39 is 0 Å². The highest BCUT2D eigenvalue weighted by molar-refractivity contribution is 6.30. The quantitative estimate of drug-likeness (QED) is 0.711. The van der Waals surface area contributed by atoms with E-state index >= 15 is 0 Å². The summed E-state index contributed by atoms with van der Waals surface area (Å²) in [6.45, 7) is 2.16. The van der Waals surface area contributed by atoms with E-state index in [1.54, 1.807) is 24.3 Å². The molecule has 0 amide bonds. The maximum absolute atomic E-state index is 11.4. The molecular weight excluding hydrogens is 252 g/mol. The zero-order chi connectivity index (χ0) is 13.4. The number of esters is 1. The highest BCUT2D eigenvalue weighted by Gasteiger charge is 2.07. The van der Waals surface area contributed by atoms with Crippen molar-refractivity contribution >= 4 is 23.4 Å². The van der Waals surface area contributed by atoms with Crippen LogP contribution < -0.4 is 0 Å². The number of carbonyl (C=O) groups excluding carboxylic acids is 2. The summed E-state index contributed by atoms with van der Waals surface area (Å²) in [7, 11) is 0. The van der Waals surface area contributed by atoms with Gasteiger partial charge in [0.2, 0.25) is 0 Å². The molecule has 0 aliphatic heterocycles. The zero-order valence-electron chi connectivity index (χ0n) is 10.4. The van der Waals surface area contributed by atoms with Crippen molar-refractivity contribution in [1.29, 1.82) is 0 Å². The van der Waals surface area contributed by atoms with Gasteiger partial charge in [0, 0.05) is 17.9 Å². The lowest BCUT2D eigenvalue weighted by molar-refractivity contribution is -0.146. The summed E-state index contributed by atoms with van der Waals surface area (Å²) in [6, 6.07) is 7.10. The molecule has 0 atom stereocenters. The fourth-order valence-electron chi connectivity index (χ4n) is 1.46. The Labute approximate surface area is 112 Å². The summed E-state index contributed by atoms with van der Waals surface area (Å²) in [5.74, 6) is -0.227. The van der Waals surface area contributed by atoms with E-state index in [-0.39, 0.29) is 31.2 Å². The fourth-order valence-corrected chi connectivity index (χ4v) is 1.59. The first-order chi connectivity index (χ1) is 8.61. The molecule has 18 heavy (non-hydrogen) atoms. The SMILES string of the molecule is CCCC(=O)CCC(=O)OCc1ccc(Cl)cc1. The van der Waals surface area contributed by atoms with Crippen LogP contribution in [0.25, 0.3) is 0 Å². The van der Waals surface area contributed by atoms with Crippen molar-refractivity contribution in [3.63, 3.8) is 0 Å². The van der Waals surface area contributed by atoms with Gasteiger partial charge >= 0.3 is 5.97 Å². The normalized spacial score (nSPS) is 10.1. The van der Waals surface area contributed by atoms with Crippen LogP contribution in [0.15, 0.2) is 24.3 Å². The summed E-state index contributed by atoms with van der Waals surface area (Å²) in [4.78, 5) is 22.6. The molecule has 0 saturated carbocycles. The molecule has 3 nitrogen and oxygen atoms in total. The van der Waals surface area contributed by atoms with E-state index in [0.29, 0.717) is 11.4 Å². The number of ketones is 1. The second kappa shape index (κ2) is 7.88. The van der Waals surface area contributed by atoms with E-state index in [1.807, 2.05) is 6.92 Å².